The predicted octanol–water partition coefficient (Wildman–Crippen LogP) is 4.91. The fourth-order valence-corrected chi connectivity index (χ4v) is 3.92. The Morgan fingerprint density at radius 1 is 0.833 bits per heavy atom. The van der Waals surface area contributed by atoms with Crippen molar-refractivity contribution in [2.45, 2.75) is 12.0 Å². The number of aliphatic carboxylic acids is 1. The summed E-state index contributed by atoms with van der Waals surface area (Å²) in [5, 5.41) is 8.86. The van der Waals surface area contributed by atoms with Crippen molar-refractivity contribution < 1.29 is 9.90 Å². The zero-order chi connectivity index (χ0) is 20.8. The number of hydrogen-bond acceptors (Lipinski definition) is 2. The molecule has 1 N–H and O–H groups in total. The van der Waals surface area contributed by atoms with Crippen molar-refractivity contribution in [1.82, 2.24) is 9.55 Å². The standard InChI is InChI=1S/C26H22N2O2/c29-25(30)18-10-17-24-19-28(20-27-24)26(21-11-4-1-5-12-21,22-13-6-2-7-14-22)23-15-8-3-9-16-23/h1-16,18-20H,17H2,(H,29,30)/b18-10+. The van der Waals surface area contributed by atoms with E-state index in [2.05, 4.69) is 45.9 Å². The van der Waals surface area contributed by atoms with Gasteiger partial charge in [0.25, 0.3) is 0 Å². The molecule has 0 atom stereocenters. The van der Waals surface area contributed by atoms with E-state index in [9.17, 15) is 4.79 Å². The predicted molar refractivity (Wildman–Crippen MR) is 117 cm³/mol. The highest BCUT2D eigenvalue weighted by atomic mass is 16.4. The lowest BCUT2D eigenvalue weighted by Crippen LogP contribution is -2.36. The number of benzene rings is 3. The first-order chi connectivity index (χ1) is 14.7. The lowest BCUT2D eigenvalue weighted by atomic mass is 9.77. The average molecular weight is 394 g/mol. The summed E-state index contributed by atoms with van der Waals surface area (Å²) < 4.78 is 2.12. The summed E-state index contributed by atoms with van der Waals surface area (Å²) in [6.07, 6.45) is 7.05. The average Bonchev–Trinajstić information content (AvgIpc) is 3.25. The fraction of sp³-hybridized carbons (Fsp3) is 0.0769. The fourth-order valence-electron chi connectivity index (χ4n) is 3.92. The lowest BCUT2D eigenvalue weighted by molar-refractivity contribution is -0.131. The molecule has 0 saturated heterocycles. The Morgan fingerprint density at radius 3 is 1.73 bits per heavy atom. The maximum absolute atomic E-state index is 10.8. The van der Waals surface area contributed by atoms with Crippen LogP contribution in [0.15, 0.2) is 116 Å². The Kier molecular flexibility index (Phi) is 5.57. The third kappa shape index (κ3) is 3.67. The van der Waals surface area contributed by atoms with Crippen LogP contribution in [0.5, 0.6) is 0 Å². The van der Waals surface area contributed by atoms with Gasteiger partial charge < -0.3 is 9.67 Å². The molecule has 0 aliphatic rings. The van der Waals surface area contributed by atoms with Gasteiger partial charge in [-0.25, -0.2) is 9.78 Å². The largest absolute Gasteiger partial charge is 0.478 e. The van der Waals surface area contributed by atoms with Crippen molar-refractivity contribution in [3.05, 3.63) is 138 Å². The summed E-state index contributed by atoms with van der Waals surface area (Å²) in [5.41, 5.74) is 3.55. The van der Waals surface area contributed by atoms with Gasteiger partial charge in [0.15, 0.2) is 0 Å². The van der Waals surface area contributed by atoms with E-state index in [-0.39, 0.29) is 0 Å². The summed E-state index contributed by atoms with van der Waals surface area (Å²) in [4.78, 5) is 15.4. The molecule has 4 aromatic rings. The molecule has 148 valence electrons. The number of aromatic nitrogens is 2. The quantitative estimate of drug-likeness (QED) is 0.358. The number of nitrogens with zero attached hydrogens (tertiary/aromatic N) is 2. The maximum atomic E-state index is 10.8. The number of carboxylic acids is 1. The number of carboxylic acid groups (broad SMARTS) is 1. The second-order valence-electron chi connectivity index (χ2n) is 7.03. The van der Waals surface area contributed by atoms with Crippen LogP contribution in [0.1, 0.15) is 22.4 Å². The van der Waals surface area contributed by atoms with Crippen LogP contribution in [0.25, 0.3) is 0 Å². The van der Waals surface area contributed by atoms with Gasteiger partial charge in [-0.3, -0.25) is 0 Å². The smallest absolute Gasteiger partial charge is 0.327 e. The molecular weight excluding hydrogens is 372 g/mol. The van der Waals surface area contributed by atoms with E-state index in [4.69, 9.17) is 5.11 Å². The number of hydrogen-bond donors (Lipinski definition) is 1. The van der Waals surface area contributed by atoms with Crippen LogP contribution in [-0.2, 0) is 16.8 Å². The number of allylic oxidation sites excluding steroid dienone is 1. The molecule has 0 fully saturated rings. The van der Waals surface area contributed by atoms with Crippen LogP contribution in [0.2, 0.25) is 0 Å². The van der Waals surface area contributed by atoms with Gasteiger partial charge in [-0.1, -0.05) is 97.1 Å². The molecular formula is C26H22N2O2. The SMILES string of the molecule is O=C(O)/C=C/Cc1cn(C(c2ccccc2)(c2ccccc2)c2ccccc2)cn1. The summed E-state index contributed by atoms with van der Waals surface area (Å²) in [6.45, 7) is 0. The normalized spacial score (nSPS) is 11.6. The van der Waals surface area contributed by atoms with Crippen LogP contribution in [-0.4, -0.2) is 20.6 Å². The van der Waals surface area contributed by atoms with Crippen molar-refractivity contribution in [3.63, 3.8) is 0 Å². The summed E-state index contributed by atoms with van der Waals surface area (Å²) in [6, 6.07) is 31.1. The van der Waals surface area contributed by atoms with Crippen LogP contribution < -0.4 is 0 Å². The van der Waals surface area contributed by atoms with E-state index in [1.54, 1.807) is 6.08 Å². The zero-order valence-electron chi connectivity index (χ0n) is 16.4. The minimum Gasteiger partial charge on any atom is -0.478 e. The zero-order valence-corrected chi connectivity index (χ0v) is 16.4. The first-order valence-corrected chi connectivity index (χ1v) is 9.80. The van der Waals surface area contributed by atoms with E-state index in [0.717, 1.165) is 28.5 Å². The molecule has 30 heavy (non-hydrogen) atoms. The van der Waals surface area contributed by atoms with Gasteiger partial charge in [-0.2, -0.15) is 0 Å². The number of imidazole rings is 1. The Bertz CT molecular complexity index is 1040. The molecule has 0 radical (unpaired) electrons. The summed E-state index contributed by atoms with van der Waals surface area (Å²) in [7, 11) is 0. The third-order valence-electron chi connectivity index (χ3n) is 5.19. The Balaban J connectivity index is 1.94. The molecule has 1 heterocycles. The monoisotopic (exact) mass is 394 g/mol. The van der Waals surface area contributed by atoms with E-state index in [1.807, 2.05) is 67.1 Å². The molecule has 0 amide bonds. The molecule has 0 spiro atoms. The minimum atomic E-state index is -0.957. The second-order valence-corrected chi connectivity index (χ2v) is 7.03. The Labute approximate surface area is 175 Å². The van der Waals surface area contributed by atoms with E-state index in [0.29, 0.717) is 6.42 Å². The molecule has 0 aliphatic carbocycles. The molecule has 0 saturated carbocycles. The molecule has 4 heteroatoms. The molecule has 0 aliphatic heterocycles. The van der Waals surface area contributed by atoms with Gasteiger partial charge in [-0.05, 0) is 16.7 Å². The van der Waals surface area contributed by atoms with E-state index in [1.165, 1.54) is 0 Å². The van der Waals surface area contributed by atoms with Crippen LogP contribution in [0, 0.1) is 0 Å². The highest BCUT2D eigenvalue weighted by molar-refractivity contribution is 5.79. The minimum absolute atomic E-state index is 0.452. The molecule has 0 bridgehead atoms. The van der Waals surface area contributed by atoms with Gasteiger partial charge in [0.05, 0.1) is 12.0 Å². The van der Waals surface area contributed by atoms with Crippen LogP contribution >= 0.6 is 0 Å². The van der Waals surface area contributed by atoms with Gasteiger partial charge in [0.2, 0.25) is 0 Å². The van der Waals surface area contributed by atoms with Gasteiger partial charge >= 0.3 is 5.97 Å². The molecule has 3 aromatic carbocycles. The van der Waals surface area contributed by atoms with Gasteiger partial charge in [0, 0.05) is 18.7 Å². The lowest BCUT2D eigenvalue weighted by Gasteiger charge is -2.37. The van der Waals surface area contributed by atoms with Crippen molar-refractivity contribution in [3.8, 4) is 0 Å². The second kappa shape index (κ2) is 8.62. The summed E-state index contributed by atoms with van der Waals surface area (Å²) >= 11 is 0. The number of rotatable bonds is 7. The maximum Gasteiger partial charge on any atom is 0.327 e. The van der Waals surface area contributed by atoms with Gasteiger partial charge in [0.1, 0.15) is 5.54 Å². The van der Waals surface area contributed by atoms with Crippen molar-refractivity contribution in [2.24, 2.45) is 0 Å². The Hall–Kier alpha value is -3.92. The van der Waals surface area contributed by atoms with E-state index < -0.39 is 11.5 Å². The van der Waals surface area contributed by atoms with Crippen molar-refractivity contribution in [2.75, 3.05) is 0 Å². The first-order valence-electron chi connectivity index (χ1n) is 9.80. The van der Waals surface area contributed by atoms with Crippen LogP contribution in [0.4, 0.5) is 0 Å². The molecule has 4 nitrogen and oxygen atoms in total. The topological polar surface area (TPSA) is 55.1 Å². The van der Waals surface area contributed by atoms with Crippen molar-refractivity contribution in [1.29, 1.82) is 0 Å². The first kappa shape index (κ1) is 19.4. The van der Waals surface area contributed by atoms with Crippen molar-refractivity contribution >= 4 is 5.97 Å². The molecule has 0 unspecified atom stereocenters. The molecule has 1 aromatic heterocycles. The molecule has 4 rings (SSSR count). The number of carbonyl (C=O) groups is 1. The van der Waals surface area contributed by atoms with Gasteiger partial charge in [-0.15, -0.1) is 0 Å². The van der Waals surface area contributed by atoms with Crippen LogP contribution in [0.3, 0.4) is 0 Å². The third-order valence-corrected chi connectivity index (χ3v) is 5.19. The van der Waals surface area contributed by atoms with E-state index >= 15 is 0 Å². The highest BCUT2D eigenvalue weighted by Gasteiger charge is 2.38. The highest BCUT2D eigenvalue weighted by Crippen LogP contribution is 2.40. The summed E-state index contributed by atoms with van der Waals surface area (Å²) in [5.74, 6) is -0.957. The Morgan fingerprint density at radius 2 is 1.30 bits per heavy atom.